The Balaban J connectivity index is 1.23. The molecule has 0 radical (unpaired) electrons. The van der Waals surface area contributed by atoms with Crippen LogP contribution in [0.4, 0.5) is 0 Å². The van der Waals surface area contributed by atoms with Gasteiger partial charge in [-0.1, -0.05) is 18.9 Å². The van der Waals surface area contributed by atoms with E-state index in [2.05, 4.69) is 28.9 Å². The highest BCUT2D eigenvalue weighted by Gasteiger charge is 2.48. The lowest BCUT2D eigenvalue weighted by Gasteiger charge is -2.46. The fourth-order valence-electron chi connectivity index (χ4n) is 5.35. The Labute approximate surface area is 183 Å². The van der Waals surface area contributed by atoms with Gasteiger partial charge in [-0.3, -0.25) is 4.98 Å². The van der Waals surface area contributed by atoms with Gasteiger partial charge in [0.1, 0.15) is 11.9 Å². The van der Waals surface area contributed by atoms with Crippen molar-refractivity contribution in [3.05, 3.63) is 46.4 Å². The third-order valence-electron chi connectivity index (χ3n) is 7.04. The Morgan fingerprint density at radius 1 is 1.17 bits per heavy atom. The van der Waals surface area contributed by atoms with Crippen molar-refractivity contribution in [1.82, 2.24) is 10.3 Å². The van der Waals surface area contributed by atoms with Crippen molar-refractivity contribution < 1.29 is 14.2 Å². The maximum atomic E-state index is 6.36. The summed E-state index contributed by atoms with van der Waals surface area (Å²) in [6, 6.07) is 8.46. The van der Waals surface area contributed by atoms with Crippen LogP contribution in [0.15, 0.2) is 35.8 Å². The number of pyridine rings is 1. The van der Waals surface area contributed by atoms with Crippen LogP contribution in [0.25, 0.3) is 0 Å². The summed E-state index contributed by atoms with van der Waals surface area (Å²) >= 11 is 1.76. The summed E-state index contributed by atoms with van der Waals surface area (Å²) in [7, 11) is 0. The Hall–Kier alpha value is -1.47. The molecule has 3 fully saturated rings. The van der Waals surface area contributed by atoms with Crippen molar-refractivity contribution in [1.29, 1.82) is 0 Å². The molecule has 0 amide bonds. The van der Waals surface area contributed by atoms with Crippen molar-refractivity contribution in [2.45, 2.75) is 68.6 Å². The Kier molecular flexibility index (Phi) is 6.10. The van der Waals surface area contributed by atoms with Gasteiger partial charge in [0.2, 0.25) is 0 Å². The number of aromatic nitrogens is 1. The summed E-state index contributed by atoms with van der Waals surface area (Å²) in [4.78, 5) is 6.08. The molecule has 30 heavy (non-hydrogen) atoms. The zero-order chi connectivity index (χ0) is 20.3. The molecule has 2 saturated heterocycles. The molecule has 0 aromatic carbocycles. The van der Waals surface area contributed by atoms with Gasteiger partial charge in [-0.15, -0.1) is 11.3 Å². The van der Waals surface area contributed by atoms with Crippen LogP contribution in [0.2, 0.25) is 0 Å². The fraction of sp³-hybridized carbons (Fsp3) is 0.625. The van der Waals surface area contributed by atoms with Gasteiger partial charge < -0.3 is 19.5 Å². The van der Waals surface area contributed by atoms with Crippen molar-refractivity contribution in [2.24, 2.45) is 0 Å². The van der Waals surface area contributed by atoms with Gasteiger partial charge in [0.05, 0.1) is 23.7 Å². The van der Waals surface area contributed by atoms with E-state index >= 15 is 0 Å². The molecule has 0 unspecified atom stereocenters. The average molecular weight is 429 g/mol. The highest BCUT2D eigenvalue weighted by Crippen LogP contribution is 2.49. The monoisotopic (exact) mass is 428 g/mol. The van der Waals surface area contributed by atoms with Crippen LogP contribution in [0, 0.1) is 0 Å². The molecule has 5 rings (SSSR count). The molecular formula is C24H32N2O3S. The van der Waals surface area contributed by atoms with Crippen molar-refractivity contribution in [3.8, 4) is 5.75 Å². The zero-order valence-corrected chi connectivity index (χ0v) is 18.4. The third kappa shape index (κ3) is 4.28. The first kappa shape index (κ1) is 20.4. The van der Waals surface area contributed by atoms with E-state index in [1.807, 2.05) is 12.3 Å². The van der Waals surface area contributed by atoms with Gasteiger partial charge in [0.15, 0.2) is 0 Å². The van der Waals surface area contributed by atoms with Crippen LogP contribution < -0.4 is 10.1 Å². The predicted molar refractivity (Wildman–Crippen MR) is 118 cm³/mol. The molecular weight excluding hydrogens is 396 g/mol. The number of hydrogen-bond donors (Lipinski definition) is 1. The molecule has 3 aliphatic rings. The first-order chi connectivity index (χ1) is 14.8. The molecule has 2 aromatic heterocycles. The molecule has 1 spiro atoms. The molecule has 6 heteroatoms. The van der Waals surface area contributed by atoms with E-state index < -0.39 is 0 Å². The van der Waals surface area contributed by atoms with Crippen molar-refractivity contribution in [2.75, 3.05) is 26.4 Å². The smallest absolute Gasteiger partial charge is 0.145 e. The standard InChI is InChI=1S/C24H32N2O3S/c1-4-11-26-22(5-1)23(10-13-28-24(18-23)7-2-3-8-24)9-12-25-15-21-20(6-14-30-21)29-19-16-27-17-19/h1,4-6,11,14,19,25H,2-3,7-10,12-13,15-18H2/t23-/m1/s1. The topological polar surface area (TPSA) is 52.6 Å². The van der Waals surface area contributed by atoms with E-state index in [4.69, 9.17) is 19.2 Å². The minimum Gasteiger partial charge on any atom is -0.484 e. The number of thiophene rings is 1. The van der Waals surface area contributed by atoms with Crippen LogP contribution in [-0.4, -0.2) is 43.1 Å². The van der Waals surface area contributed by atoms with Gasteiger partial charge in [0.25, 0.3) is 0 Å². The van der Waals surface area contributed by atoms with E-state index in [9.17, 15) is 0 Å². The summed E-state index contributed by atoms with van der Waals surface area (Å²) in [5, 5.41) is 5.80. The lowest BCUT2D eigenvalue weighted by atomic mass is 9.68. The molecule has 2 aromatic rings. The number of rotatable bonds is 8. The molecule has 4 heterocycles. The molecule has 1 aliphatic carbocycles. The van der Waals surface area contributed by atoms with Gasteiger partial charge in [0, 0.05) is 30.5 Å². The average Bonchev–Trinajstić information content (AvgIpc) is 3.38. The Bertz CT molecular complexity index is 817. The lowest BCUT2D eigenvalue weighted by molar-refractivity contribution is -0.104. The van der Waals surface area contributed by atoms with Gasteiger partial charge >= 0.3 is 0 Å². The van der Waals surface area contributed by atoms with Gasteiger partial charge in [-0.05, 0) is 62.2 Å². The number of nitrogens with zero attached hydrogens (tertiary/aromatic N) is 1. The van der Waals surface area contributed by atoms with E-state index in [1.165, 1.54) is 36.3 Å². The molecule has 162 valence electrons. The van der Waals surface area contributed by atoms with Crippen molar-refractivity contribution >= 4 is 11.3 Å². The van der Waals surface area contributed by atoms with E-state index in [0.29, 0.717) is 13.2 Å². The summed E-state index contributed by atoms with van der Waals surface area (Å²) in [5.74, 6) is 1.01. The Morgan fingerprint density at radius 3 is 2.83 bits per heavy atom. The van der Waals surface area contributed by atoms with Crippen LogP contribution in [0.1, 0.15) is 55.5 Å². The van der Waals surface area contributed by atoms with Crippen molar-refractivity contribution in [3.63, 3.8) is 0 Å². The molecule has 1 N–H and O–H groups in total. The first-order valence-corrected chi connectivity index (χ1v) is 12.2. The highest BCUT2D eigenvalue weighted by molar-refractivity contribution is 7.10. The molecule has 2 aliphatic heterocycles. The van der Waals surface area contributed by atoms with Crippen LogP contribution in [-0.2, 0) is 21.4 Å². The summed E-state index contributed by atoms with van der Waals surface area (Å²) in [5.41, 5.74) is 1.43. The number of nitrogens with one attached hydrogen (secondary N) is 1. The zero-order valence-electron chi connectivity index (χ0n) is 17.6. The normalized spacial score (nSPS) is 26.0. The maximum absolute atomic E-state index is 6.36. The number of ether oxygens (including phenoxy) is 3. The fourth-order valence-corrected chi connectivity index (χ4v) is 6.12. The second-order valence-corrected chi connectivity index (χ2v) is 10.1. The largest absolute Gasteiger partial charge is 0.484 e. The SMILES string of the molecule is c1ccc([C@]2(CCNCc3sccc3OC3COC3)CCOC3(CCCC3)C2)nc1. The molecule has 1 atom stereocenters. The quantitative estimate of drug-likeness (QED) is 0.629. The van der Waals surface area contributed by atoms with Gasteiger partial charge in [-0.25, -0.2) is 0 Å². The van der Waals surface area contributed by atoms with Crippen LogP contribution in [0.5, 0.6) is 5.75 Å². The van der Waals surface area contributed by atoms with E-state index in [0.717, 1.165) is 44.7 Å². The van der Waals surface area contributed by atoms with Crippen LogP contribution >= 0.6 is 11.3 Å². The molecule has 5 nitrogen and oxygen atoms in total. The van der Waals surface area contributed by atoms with E-state index in [1.54, 1.807) is 11.3 Å². The minimum absolute atomic E-state index is 0.0787. The second-order valence-electron chi connectivity index (χ2n) is 9.07. The molecule has 0 bridgehead atoms. The molecule has 1 saturated carbocycles. The summed E-state index contributed by atoms with van der Waals surface area (Å²) < 4.78 is 17.6. The summed E-state index contributed by atoms with van der Waals surface area (Å²) in [6.45, 7) is 4.08. The van der Waals surface area contributed by atoms with E-state index in [-0.39, 0.29) is 17.1 Å². The highest BCUT2D eigenvalue weighted by atomic mass is 32.1. The lowest BCUT2D eigenvalue weighted by Crippen LogP contribution is -2.47. The maximum Gasteiger partial charge on any atom is 0.145 e. The van der Waals surface area contributed by atoms with Crippen LogP contribution in [0.3, 0.4) is 0 Å². The third-order valence-corrected chi connectivity index (χ3v) is 7.95. The predicted octanol–water partition coefficient (Wildman–Crippen LogP) is 4.46. The first-order valence-electron chi connectivity index (χ1n) is 11.3. The number of hydrogen-bond acceptors (Lipinski definition) is 6. The second kappa shape index (κ2) is 8.95. The summed E-state index contributed by atoms with van der Waals surface area (Å²) in [6.07, 6.45) is 10.4. The van der Waals surface area contributed by atoms with Gasteiger partial charge in [-0.2, -0.15) is 0 Å². The minimum atomic E-state index is 0.0787. The Morgan fingerprint density at radius 2 is 2.07 bits per heavy atom.